The quantitative estimate of drug-likeness (QED) is 0.744. The van der Waals surface area contributed by atoms with Gasteiger partial charge in [-0.25, -0.2) is 0 Å². The van der Waals surface area contributed by atoms with Gasteiger partial charge in [-0.15, -0.1) is 0 Å². The van der Waals surface area contributed by atoms with Gasteiger partial charge in [-0.2, -0.15) is 0 Å². The van der Waals surface area contributed by atoms with E-state index in [-0.39, 0.29) is 0 Å². The third-order valence-corrected chi connectivity index (χ3v) is 4.17. The molecule has 1 heteroatoms. The lowest BCUT2D eigenvalue weighted by molar-refractivity contribution is 0.105. The Labute approximate surface area is 129 Å². The Kier molecular flexibility index (Phi) is 4.84. The van der Waals surface area contributed by atoms with E-state index in [1.165, 1.54) is 44.5 Å². The minimum absolute atomic E-state index is 0.685. The van der Waals surface area contributed by atoms with E-state index in [2.05, 4.69) is 65.8 Å². The lowest BCUT2D eigenvalue weighted by atomic mass is 10.00. The third-order valence-electron chi connectivity index (χ3n) is 4.17. The minimum atomic E-state index is 0.685. The van der Waals surface area contributed by atoms with Crippen LogP contribution >= 0.6 is 0 Å². The van der Waals surface area contributed by atoms with Crippen molar-refractivity contribution >= 4 is 0 Å². The van der Waals surface area contributed by atoms with Crippen molar-refractivity contribution in [3.05, 3.63) is 68.8 Å². The van der Waals surface area contributed by atoms with Crippen LogP contribution in [0.5, 0.6) is 0 Å². The average molecular weight is 282 g/mol. The van der Waals surface area contributed by atoms with Gasteiger partial charge >= 0.3 is 0 Å². The summed E-state index contributed by atoms with van der Waals surface area (Å²) in [5.41, 5.74) is 10.6. The molecule has 2 aromatic carbocycles. The Morgan fingerprint density at radius 2 is 0.857 bits per heavy atom. The van der Waals surface area contributed by atoms with Crippen LogP contribution in [-0.4, -0.2) is 0 Å². The van der Waals surface area contributed by atoms with Crippen LogP contribution in [0.2, 0.25) is 0 Å². The van der Waals surface area contributed by atoms with Crippen molar-refractivity contribution in [1.29, 1.82) is 0 Å². The topological polar surface area (TPSA) is 9.23 Å². The van der Waals surface area contributed by atoms with E-state index in [1.54, 1.807) is 0 Å². The summed E-state index contributed by atoms with van der Waals surface area (Å²) in [6, 6.07) is 8.92. The lowest BCUT2D eigenvalue weighted by Crippen LogP contribution is -2.02. The molecule has 2 aromatic rings. The predicted octanol–water partition coefficient (Wildman–Crippen LogP) is 5.25. The molecule has 0 aromatic heterocycles. The van der Waals surface area contributed by atoms with E-state index in [9.17, 15) is 0 Å². The summed E-state index contributed by atoms with van der Waals surface area (Å²) in [6.45, 7) is 14.3. The second-order valence-corrected chi connectivity index (χ2v) is 6.25. The van der Waals surface area contributed by atoms with E-state index in [1.807, 2.05) is 0 Å². The second kappa shape index (κ2) is 6.44. The fourth-order valence-corrected chi connectivity index (χ4v) is 3.13. The van der Waals surface area contributed by atoms with E-state index < -0.39 is 0 Å². The molecular formula is C20H26O. The summed E-state index contributed by atoms with van der Waals surface area (Å²) < 4.78 is 6.01. The maximum absolute atomic E-state index is 6.01. The van der Waals surface area contributed by atoms with Gasteiger partial charge in [0.25, 0.3) is 0 Å². The molecule has 0 spiro atoms. The first-order chi connectivity index (χ1) is 9.88. The van der Waals surface area contributed by atoms with Gasteiger partial charge < -0.3 is 4.74 Å². The molecular weight excluding hydrogens is 256 g/mol. The maximum Gasteiger partial charge on any atom is 0.0726 e. The molecule has 0 saturated heterocycles. The molecule has 0 fully saturated rings. The molecule has 0 saturated carbocycles. The van der Waals surface area contributed by atoms with E-state index in [0.717, 1.165) is 0 Å². The van der Waals surface area contributed by atoms with Crippen molar-refractivity contribution < 1.29 is 4.74 Å². The van der Waals surface area contributed by atoms with Crippen molar-refractivity contribution in [3.63, 3.8) is 0 Å². The van der Waals surface area contributed by atoms with Crippen molar-refractivity contribution in [2.24, 2.45) is 0 Å². The largest absolute Gasteiger partial charge is 0.372 e. The van der Waals surface area contributed by atoms with Crippen LogP contribution in [0.1, 0.15) is 44.5 Å². The van der Waals surface area contributed by atoms with Gasteiger partial charge in [0.2, 0.25) is 0 Å². The summed E-state index contributed by atoms with van der Waals surface area (Å²) in [7, 11) is 0. The average Bonchev–Trinajstić information content (AvgIpc) is 2.34. The highest BCUT2D eigenvalue weighted by Gasteiger charge is 2.07. The molecule has 0 radical (unpaired) electrons. The van der Waals surface area contributed by atoms with Crippen LogP contribution in [0.3, 0.4) is 0 Å². The van der Waals surface area contributed by atoms with Crippen LogP contribution < -0.4 is 0 Å². The van der Waals surface area contributed by atoms with Gasteiger partial charge in [0, 0.05) is 0 Å². The van der Waals surface area contributed by atoms with Crippen LogP contribution in [0.25, 0.3) is 0 Å². The zero-order valence-electron chi connectivity index (χ0n) is 14.1. The van der Waals surface area contributed by atoms with Crippen molar-refractivity contribution in [2.75, 3.05) is 0 Å². The van der Waals surface area contributed by atoms with Gasteiger partial charge in [0.15, 0.2) is 0 Å². The van der Waals surface area contributed by atoms with Gasteiger partial charge in [0.1, 0.15) is 0 Å². The lowest BCUT2D eigenvalue weighted by Gasteiger charge is -2.14. The highest BCUT2D eigenvalue weighted by molar-refractivity contribution is 5.38. The molecule has 2 rings (SSSR count). The molecule has 0 atom stereocenters. The molecule has 1 nitrogen and oxygen atoms in total. The Balaban J connectivity index is 2.09. The third kappa shape index (κ3) is 3.74. The van der Waals surface area contributed by atoms with E-state index in [4.69, 9.17) is 4.74 Å². The molecule has 0 aliphatic heterocycles. The van der Waals surface area contributed by atoms with Crippen LogP contribution in [0.15, 0.2) is 24.3 Å². The Bertz CT molecular complexity index is 549. The molecule has 112 valence electrons. The molecule has 0 aliphatic carbocycles. The van der Waals surface area contributed by atoms with Gasteiger partial charge in [-0.05, 0) is 74.9 Å². The first-order valence-electron chi connectivity index (χ1n) is 7.59. The monoisotopic (exact) mass is 282 g/mol. The standard InChI is InChI=1S/C20H26O/c1-13-7-15(3)19(16(4)8-13)11-21-12-20-17(5)9-14(2)10-18(20)6/h7-10H,11-12H2,1-6H3. The molecule has 0 heterocycles. The molecule has 21 heavy (non-hydrogen) atoms. The summed E-state index contributed by atoms with van der Waals surface area (Å²) in [5, 5.41) is 0. The summed E-state index contributed by atoms with van der Waals surface area (Å²) in [4.78, 5) is 0. The zero-order chi connectivity index (χ0) is 15.6. The van der Waals surface area contributed by atoms with E-state index >= 15 is 0 Å². The highest BCUT2D eigenvalue weighted by atomic mass is 16.5. The normalized spacial score (nSPS) is 11.0. The molecule has 0 unspecified atom stereocenters. The van der Waals surface area contributed by atoms with Crippen LogP contribution in [0.4, 0.5) is 0 Å². The first-order valence-corrected chi connectivity index (χ1v) is 7.59. The first kappa shape index (κ1) is 15.8. The van der Waals surface area contributed by atoms with Crippen molar-refractivity contribution in [3.8, 4) is 0 Å². The molecule has 0 N–H and O–H groups in total. The number of hydrogen-bond donors (Lipinski definition) is 0. The van der Waals surface area contributed by atoms with E-state index in [0.29, 0.717) is 13.2 Å². The van der Waals surface area contributed by atoms with Crippen molar-refractivity contribution in [2.45, 2.75) is 54.8 Å². The summed E-state index contributed by atoms with van der Waals surface area (Å²) in [5.74, 6) is 0. The Morgan fingerprint density at radius 1 is 0.571 bits per heavy atom. The zero-order valence-corrected chi connectivity index (χ0v) is 14.1. The fraction of sp³-hybridized carbons (Fsp3) is 0.400. The highest BCUT2D eigenvalue weighted by Crippen LogP contribution is 2.20. The smallest absolute Gasteiger partial charge is 0.0726 e. The number of rotatable bonds is 4. The Hall–Kier alpha value is -1.60. The van der Waals surface area contributed by atoms with Crippen LogP contribution in [-0.2, 0) is 18.0 Å². The number of hydrogen-bond acceptors (Lipinski definition) is 1. The van der Waals surface area contributed by atoms with Crippen molar-refractivity contribution in [1.82, 2.24) is 0 Å². The molecule has 0 bridgehead atoms. The van der Waals surface area contributed by atoms with Crippen LogP contribution in [0, 0.1) is 41.5 Å². The van der Waals surface area contributed by atoms with Gasteiger partial charge in [0.05, 0.1) is 13.2 Å². The fourth-order valence-electron chi connectivity index (χ4n) is 3.13. The second-order valence-electron chi connectivity index (χ2n) is 6.25. The summed E-state index contributed by atoms with van der Waals surface area (Å²) >= 11 is 0. The Morgan fingerprint density at radius 3 is 1.14 bits per heavy atom. The number of benzene rings is 2. The SMILES string of the molecule is Cc1cc(C)c(COCc2c(C)cc(C)cc2C)c(C)c1. The molecule has 0 amide bonds. The van der Waals surface area contributed by atoms with Gasteiger partial charge in [-0.1, -0.05) is 35.4 Å². The maximum atomic E-state index is 6.01. The number of aryl methyl sites for hydroxylation is 6. The minimum Gasteiger partial charge on any atom is -0.372 e. The number of ether oxygens (including phenoxy) is 1. The predicted molar refractivity (Wildman–Crippen MR) is 89.8 cm³/mol. The molecule has 0 aliphatic rings. The van der Waals surface area contributed by atoms with Gasteiger partial charge in [-0.3, -0.25) is 0 Å². The summed E-state index contributed by atoms with van der Waals surface area (Å²) in [6.07, 6.45) is 0.